The van der Waals surface area contributed by atoms with Crippen molar-refractivity contribution < 1.29 is 19.8 Å². The first-order chi connectivity index (χ1) is 11.5. The third-order valence-corrected chi connectivity index (χ3v) is 4.65. The van der Waals surface area contributed by atoms with E-state index in [0.717, 1.165) is 10.5 Å². The molecule has 2 aromatic rings. The molecule has 24 heavy (non-hydrogen) atoms. The van der Waals surface area contributed by atoms with Crippen LogP contribution < -0.4 is 5.32 Å². The molecule has 0 aliphatic rings. The zero-order valence-corrected chi connectivity index (χ0v) is 13.9. The highest BCUT2D eigenvalue weighted by atomic mass is 32.2. The monoisotopic (exact) mass is 345 g/mol. The summed E-state index contributed by atoms with van der Waals surface area (Å²) in [5, 5.41) is 20.5. The fourth-order valence-corrected chi connectivity index (χ4v) is 3.21. The number of aliphatic hydroxyl groups is 1. The first-order valence-electron chi connectivity index (χ1n) is 7.47. The molecule has 0 aliphatic heterocycles. The van der Waals surface area contributed by atoms with E-state index >= 15 is 0 Å². The van der Waals surface area contributed by atoms with Crippen molar-refractivity contribution >= 4 is 23.6 Å². The Bertz CT molecular complexity index is 676. The molecule has 0 saturated carbocycles. The molecule has 0 unspecified atom stereocenters. The van der Waals surface area contributed by atoms with Gasteiger partial charge in [0.1, 0.15) is 5.25 Å². The molecule has 0 fully saturated rings. The van der Waals surface area contributed by atoms with E-state index in [2.05, 4.69) is 5.32 Å². The number of benzene rings is 2. The van der Waals surface area contributed by atoms with Crippen LogP contribution in [0.1, 0.15) is 17.7 Å². The quantitative estimate of drug-likeness (QED) is 0.671. The normalized spacial score (nSPS) is 14.4. The highest BCUT2D eigenvalue weighted by Gasteiger charge is 2.29. The van der Waals surface area contributed by atoms with Crippen molar-refractivity contribution in [1.29, 1.82) is 0 Å². The predicted molar refractivity (Wildman–Crippen MR) is 92.7 cm³/mol. The number of hydrogen-bond donors (Lipinski definition) is 3. The number of carbonyl (C=O) groups is 2. The number of hydrogen-bond acceptors (Lipinski definition) is 4. The van der Waals surface area contributed by atoms with Gasteiger partial charge in [-0.2, -0.15) is 0 Å². The summed E-state index contributed by atoms with van der Waals surface area (Å²) in [4.78, 5) is 24.8. The largest absolute Gasteiger partial charge is 0.480 e. The first kappa shape index (κ1) is 18.0. The summed E-state index contributed by atoms with van der Waals surface area (Å²) in [5.74, 6) is -1.72. The summed E-state index contributed by atoms with van der Waals surface area (Å²) in [6, 6.07) is 17.2. The molecule has 0 spiro atoms. The van der Waals surface area contributed by atoms with Crippen LogP contribution in [-0.2, 0) is 9.59 Å². The van der Waals surface area contributed by atoms with Crippen LogP contribution in [0.2, 0.25) is 0 Å². The van der Waals surface area contributed by atoms with E-state index in [-0.39, 0.29) is 0 Å². The molecule has 0 radical (unpaired) electrons. The number of rotatable bonds is 7. The van der Waals surface area contributed by atoms with Gasteiger partial charge in [-0.25, -0.2) is 4.79 Å². The van der Waals surface area contributed by atoms with Crippen LogP contribution in [0.5, 0.6) is 0 Å². The van der Waals surface area contributed by atoms with Gasteiger partial charge < -0.3 is 15.5 Å². The minimum absolute atomic E-state index is 0.455. The molecule has 3 N–H and O–H groups in total. The maximum absolute atomic E-state index is 12.7. The van der Waals surface area contributed by atoms with E-state index in [0.29, 0.717) is 0 Å². The van der Waals surface area contributed by atoms with Gasteiger partial charge in [-0.1, -0.05) is 48.5 Å². The summed E-state index contributed by atoms with van der Waals surface area (Å²) in [7, 11) is 0. The van der Waals surface area contributed by atoms with E-state index in [4.69, 9.17) is 5.11 Å². The van der Waals surface area contributed by atoms with Crippen molar-refractivity contribution in [2.75, 3.05) is 0 Å². The van der Waals surface area contributed by atoms with E-state index in [1.54, 1.807) is 0 Å². The molecule has 2 aromatic carbocycles. The Morgan fingerprint density at radius 3 is 2.04 bits per heavy atom. The van der Waals surface area contributed by atoms with Crippen LogP contribution in [0.15, 0.2) is 65.6 Å². The summed E-state index contributed by atoms with van der Waals surface area (Å²) in [5.41, 5.74) is 0.763. The Hall–Kier alpha value is -2.31. The van der Waals surface area contributed by atoms with E-state index in [1.165, 1.54) is 18.7 Å². The van der Waals surface area contributed by atoms with Crippen LogP contribution in [0.25, 0.3) is 0 Å². The number of thioether (sulfide) groups is 1. The average Bonchev–Trinajstić information content (AvgIpc) is 2.58. The van der Waals surface area contributed by atoms with Crippen LogP contribution in [0, 0.1) is 0 Å². The van der Waals surface area contributed by atoms with Gasteiger partial charge in [-0.05, 0) is 24.6 Å². The molecule has 1 amide bonds. The van der Waals surface area contributed by atoms with E-state index < -0.39 is 29.3 Å². The minimum Gasteiger partial charge on any atom is -0.480 e. The molecule has 0 aliphatic carbocycles. The number of carboxylic acids is 1. The van der Waals surface area contributed by atoms with Gasteiger partial charge in [-0.3, -0.25) is 4.79 Å². The zero-order valence-electron chi connectivity index (χ0n) is 13.1. The van der Waals surface area contributed by atoms with Gasteiger partial charge in [0.15, 0.2) is 6.04 Å². The van der Waals surface area contributed by atoms with Crippen LogP contribution in [0.4, 0.5) is 0 Å². The number of amides is 1. The smallest absolute Gasteiger partial charge is 0.328 e. The fourth-order valence-electron chi connectivity index (χ4n) is 2.15. The first-order valence-corrected chi connectivity index (χ1v) is 8.35. The molecule has 3 atom stereocenters. The number of carboxylic acid groups (broad SMARTS) is 1. The minimum atomic E-state index is -1.35. The maximum Gasteiger partial charge on any atom is 0.328 e. The van der Waals surface area contributed by atoms with E-state index in [9.17, 15) is 14.7 Å². The van der Waals surface area contributed by atoms with Crippen LogP contribution in [-0.4, -0.2) is 34.2 Å². The van der Waals surface area contributed by atoms with Crippen LogP contribution in [0.3, 0.4) is 0 Å². The summed E-state index contributed by atoms with van der Waals surface area (Å²) >= 11 is 1.33. The second kappa shape index (κ2) is 8.52. The summed E-state index contributed by atoms with van der Waals surface area (Å²) < 4.78 is 0. The van der Waals surface area contributed by atoms with Gasteiger partial charge in [-0.15, -0.1) is 11.8 Å². The zero-order chi connectivity index (χ0) is 17.5. The third-order valence-electron chi connectivity index (χ3n) is 3.38. The average molecular weight is 345 g/mol. The lowest BCUT2D eigenvalue weighted by atomic mass is 10.1. The Balaban J connectivity index is 2.25. The lowest BCUT2D eigenvalue weighted by Crippen LogP contribution is -2.48. The highest BCUT2D eigenvalue weighted by Crippen LogP contribution is 2.35. The number of aliphatic hydroxyl groups excluding tert-OH is 1. The number of carbonyl (C=O) groups excluding carboxylic acids is 1. The number of aliphatic carboxylic acids is 1. The molecule has 0 bridgehead atoms. The predicted octanol–water partition coefficient (Wildman–Crippen LogP) is 2.47. The lowest BCUT2D eigenvalue weighted by molar-refractivity contribution is -0.144. The SMILES string of the molecule is C[C@H](O)[C@H](NC(=O)[C@H](Sc1ccccc1)c1ccccc1)C(=O)O. The molecular weight excluding hydrogens is 326 g/mol. The van der Waals surface area contributed by atoms with Crippen LogP contribution >= 0.6 is 11.8 Å². The van der Waals surface area contributed by atoms with Crippen molar-refractivity contribution in [3.05, 3.63) is 66.2 Å². The van der Waals surface area contributed by atoms with Gasteiger partial charge in [0, 0.05) is 4.90 Å². The molecular formula is C18H19NO4S. The maximum atomic E-state index is 12.7. The summed E-state index contributed by atoms with van der Waals surface area (Å²) in [6.07, 6.45) is -1.19. The molecule has 0 heterocycles. The molecule has 126 valence electrons. The molecule has 6 heteroatoms. The molecule has 0 aromatic heterocycles. The lowest BCUT2D eigenvalue weighted by Gasteiger charge is -2.22. The molecule has 0 saturated heterocycles. The van der Waals surface area contributed by atoms with Crippen molar-refractivity contribution in [2.45, 2.75) is 29.2 Å². The third kappa shape index (κ3) is 4.84. The second-order valence-electron chi connectivity index (χ2n) is 5.29. The van der Waals surface area contributed by atoms with Gasteiger partial charge in [0.05, 0.1) is 6.10 Å². The van der Waals surface area contributed by atoms with E-state index in [1.807, 2.05) is 60.7 Å². The summed E-state index contributed by atoms with van der Waals surface area (Å²) in [6.45, 7) is 1.33. The Kier molecular flexibility index (Phi) is 6.40. The molecule has 5 nitrogen and oxygen atoms in total. The standard InChI is InChI=1S/C18H19NO4S/c1-12(20)15(18(22)23)19-17(21)16(13-8-4-2-5-9-13)24-14-10-6-3-7-11-14/h2-12,15-16,20H,1H3,(H,19,21)(H,22,23)/t12-,15-,16+/m0/s1. The Morgan fingerprint density at radius 2 is 1.54 bits per heavy atom. The van der Waals surface area contributed by atoms with Gasteiger partial charge >= 0.3 is 5.97 Å². The highest BCUT2D eigenvalue weighted by molar-refractivity contribution is 8.00. The Morgan fingerprint density at radius 1 is 1.00 bits per heavy atom. The second-order valence-corrected chi connectivity index (χ2v) is 6.47. The molecule has 2 rings (SSSR count). The number of nitrogens with one attached hydrogen (secondary N) is 1. The van der Waals surface area contributed by atoms with Crippen molar-refractivity contribution in [3.63, 3.8) is 0 Å². The van der Waals surface area contributed by atoms with Crippen molar-refractivity contribution in [2.24, 2.45) is 0 Å². The topological polar surface area (TPSA) is 86.6 Å². The van der Waals surface area contributed by atoms with Crippen molar-refractivity contribution in [1.82, 2.24) is 5.32 Å². The van der Waals surface area contributed by atoms with Gasteiger partial charge in [0.2, 0.25) is 5.91 Å². The van der Waals surface area contributed by atoms with Gasteiger partial charge in [0.25, 0.3) is 0 Å². The fraction of sp³-hybridized carbons (Fsp3) is 0.222. The Labute approximate surface area is 144 Å². The van der Waals surface area contributed by atoms with Crippen molar-refractivity contribution in [3.8, 4) is 0 Å².